The third-order valence-electron chi connectivity index (χ3n) is 2.71. The van der Waals surface area contributed by atoms with E-state index in [0.29, 0.717) is 6.04 Å². The van der Waals surface area contributed by atoms with E-state index in [0.717, 1.165) is 17.6 Å². The van der Waals surface area contributed by atoms with Crippen LogP contribution in [0.25, 0.3) is 0 Å². The van der Waals surface area contributed by atoms with Crippen LogP contribution in [0.3, 0.4) is 0 Å². The van der Waals surface area contributed by atoms with Gasteiger partial charge in [0.2, 0.25) is 0 Å². The van der Waals surface area contributed by atoms with Crippen LogP contribution in [0.15, 0.2) is 0 Å². The predicted octanol–water partition coefficient (Wildman–Crippen LogP) is 2.44. The molecule has 0 spiro atoms. The topological polar surface area (TPSA) is 24.1 Å². The van der Waals surface area contributed by atoms with Gasteiger partial charge in [0.25, 0.3) is 0 Å². The van der Waals surface area contributed by atoms with Crippen LogP contribution in [-0.4, -0.2) is 17.7 Å². The van der Waals surface area contributed by atoms with Crippen molar-refractivity contribution < 1.29 is 0 Å². The van der Waals surface area contributed by atoms with Crippen molar-refractivity contribution in [2.75, 3.05) is 6.54 Å². The van der Waals surface area contributed by atoms with Crippen LogP contribution in [0, 0.1) is 5.92 Å². The van der Waals surface area contributed by atoms with Gasteiger partial charge in [-0.2, -0.15) is 0 Å². The van der Waals surface area contributed by atoms with E-state index >= 15 is 0 Å². The molecule has 3 heteroatoms. The third-order valence-corrected chi connectivity index (χ3v) is 2.98. The zero-order valence-electron chi connectivity index (χ0n) is 9.31. The van der Waals surface area contributed by atoms with E-state index in [1.807, 2.05) is 0 Å². The summed E-state index contributed by atoms with van der Waals surface area (Å²) in [4.78, 5) is 0. The molecule has 0 aromatic heterocycles. The number of unbranched alkanes of at least 4 members (excludes halogenated alkanes) is 1. The van der Waals surface area contributed by atoms with Gasteiger partial charge in [-0.25, -0.2) is 0 Å². The summed E-state index contributed by atoms with van der Waals surface area (Å²) in [7, 11) is 0. The number of hydrogen-bond acceptors (Lipinski definition) is 1. The summed E-state index contributed by atoms with van der Waals surface area (Å²) in [6.45, 7) is 5.44. The summed E-state index contributed by atoms with van der Waals surface area (Å²) in [6, 6.07) is 0.663. The van der Waals surface area contributed by atoms with Crippen molar-refractivity contribution in [3.05, 3.63) is 0 Å². The molecule has 0 heterocycles. The highest BCUT2D eigenvalue weighted by atomic mass is 32.1. The molecule has 14 heavy (non-hydrogen) atoms. The number of rotatable bonds is 6. The van der Waals surface area contributed by atoms with Gasteiger partial charge in [0, 0.05) is 12.6 Å². The smallest absolute Gasteiger partial charge is 0.166 e. The van der Waals surface area contributed by atoms with Gasteiger partial charge >= 0.3 is 0 Å². The van der Waals surface area contributed by atoms with Crippen molar-refractivity contribution in [1.29, 1.82) is 0 Å². The normalized spacial score (nSPS) is 24.4. The summed E-state index contributed by atoms with van der Waals surface area (Å²) >= 11 is 5.20. The summed E-state index contributed by atoms with van der Waals surface area (Å²) in [5.74, 6) is 0.880. The Labute approximate surface area is 92.8 Å². The van der Waals surface area contributed by atoms with E-state index < -0.39 is 0 Å². The Morgan fingerprint density at radius 2 is 2.14 bits per heavy atom. The highest BCUT2D eigenvalue weighted by Crippen LogP contribution is 2.34. The van der Waals surface area contributed by atoms with Crippen LogP contribution in [0.5, 0.6) is 0 Å². The Bertz CT molecular complexity index is 182. The molecule has 2 N–H and O–H groups in total. The molecule has 2 unspecified atom stereocenters. The second-order valence-corrected chi connectivity index (χ2v) is 4.55. The van der Waals surface area contributed by atoms with Crippen LogP contribution in [0.4, 0.5) is 0 Å². The highest BCUT2D eigenvalue weighted by molar-refractivity contribution is 7.80. The van der Waals surface area contributed by atoms with E-state index in [1.54, 1.807) is 0 Å². The van der Waals surface area contributed by atoms with Crippen molar-refractivity contribution in [2.45, 2.75) is 52.0 Å². The average molecular weight is 214 g/mol. The van der Waals surface area contributed by atoms with Crippen molar-refractivity contribution in [3.63, 3.8) is 0 Å². The Hall–Kier alpha value is -0.310. The average Bonchev–Trinajstić information content (AvgIpc) is 2.85. The van der Waals surface area contributed by atoms with Gasteiger partial charge in [-0.1, -0.05) is 26.7 Å². The molecular weight excluding hydrogens is 192 g/mol. The summed E-state index contributed by atoms with van der Waals surface area (Å²) in [5.41, 5.74) is 0. The molecule has 1 aliphatic carbocycles. The lowest BCUT2D eigenvalue weighted by molar-refractivity contribution is 0.656. The fourth-order valence-corrected chi connectivity index (χ4v) is 1.97. The monoisotopic (exact) mass is 214 g/mol. The van der Waals surface area contributed by atoms with Crippen LogP contribution in [-0.2, 0) is 0 Å². The minimum atomic E-state index is 0.663. The largest absolute Gasteiger partial charge is 0.363 e. The van der Waals surface area contributed by atoms with E-state index in [-0.39, 0.29) is 0 Å². The van der Waals surface area contributed by atoms with E-state index in [9.17, 15) is 0 Å². The van der Waals surface area contributed by atoms with Gasteiger partial charge in [0.05, 0.1) is 0 Å². The number of hydrogen-bond donors (Lipinski definition) is 2. The van der Waals surface area contributed by atoms with Gasteiger partial charge in [-0.05, 0) is 37.4 Å². The van der Waals surface area contributed by atoms with E-state index in [1.165, 1.54) is 32.1 Å². The molecule has 2 nitrogen and oxygen atoms in total. The van der Waals surface area contributed by atoms with E-state index in [4.69, 9.17) is 12.2 Å². The van der Waals surface area contributed by atoms with Gasteiger partial charge < -0.3 is 10.6 Å². The Morgan fingerprint density at radius 3 is 2.79 bits per heavy atom. The van der Waals surface area contributed by atoms with Crippen LogP contribution < -0.4 is 10.6 Å². The first-order chi connectivity index (χ1) is 6.77. The molecule has 82 valence electrons. The fraction of sp³-hybridized carbons (Fsp3) is 0.909. The SMILES string of the molecule is CCCCNC(=S)NC1CC1CCC. The third kappa shape index (κ3) is 4.27. The molecule has 0 aliphatic heterocycles. The Kier molecular flexibility index (Phi) is 5.23. The van der Waals surface area contributed by atoms with Crippen molar-refractivity contribution in [2.24, 2.45) is 5.92 Å². The predicted molar refractivity (Wildman–Crippen MR) is 65.4 cm³/mol. The van der Waals surface area contributed by atoms with Crippen LogP contribution in [0.2, 0.25) is 0 Å². The first kappa shape index (κ1) is 11.8. The van der Waals surface area contributed by atoms with Gasteiger partial charge in [-0.3, -0.25) is 0 Å². The maximum absolute atomic E-state index is 5.20. The molecule has 1 saturated carbocycles. The maximum atomic E-state index is 5.20. The quantitative estimate of drug-likeness (QED) is 0.524. The summed E-state index contributed by atoms with van der Waals surface area (Å²) in [5, 5.41) is 7.46. The van der Waals surface area contributed by atoms with Gasteiger partial charge in [0.15, 0.2) is 5.11 Å². The Morgan fingerprint density at radius 1 is 1.36 bits per heavy atom. The first-order valence-corrected chi connectivity index (χ1v) is 6.23. The zero-order valence-corrected chi connectivity index (χ0v) is 10.1. The molecule has 0 aromatic rings. The highest BCUT2D eigenvalue weighted by Gasteiger charge is 2.36. The zero-order chi connectivity index (χ0) is 10.4. The van der Waals surface area contributed by atoms with Gasteiger partial charge in [0.1, 0.15) is 0 Å². The lowest BCUT2D eigenvalue weighted by Crippen LogP contribution is -2.37. The lowest BCUT2D eigenvalue weighted by Gasteiger charge is -2.09. The standard InChI is InChI=1S/C11H22N2S/c1-3-5-7-12-11(14)13-10-8-9(10)6-4-2/h9-10H,3-8H2,1-2H3,(H2,12,13,14). The number of nitrogens with one attached hydrogen (secondary N) is 2. The Balaban J connectivity index is 1.99. The van der Waals surface area contributed by atoms with Crippen molar-refractivity contribution in [3.8, 4) is 0 Å². The van der Waals surface area contributed by atoms with Crippen LogP contribution in [0.1, 0.15) is 46.0 Å². The molecule has 0 saturated heterocycles. The molecule has 0 bridgehead atoms. The second-order valence-electron chi connectivity index (χ2n) is 4.14. The first-order valence-electron chi connectivity index (χ1n) is 5.82. The number of thiocarbonyl (C=S) groups is 1. The molecule has 1 rings (SSSR count). The second kappa shape index (κ2) is 6.23. The minimum absolute atomic E-state index is 0.663. The molecule has 1 fully saturated rings. The van der Waals surface area contributed by atoms with Gasteiger partial charge in [-0.15, -0.1) is 0 Å². The molecule has 1 aliphatic rings. The van der Waals surface area contributed by atoms with Crippen molar-refractivity contribution >= 4 is 17.3 Å². The summed E-state index contributed by atoms with van der Waals surface area (Å²) < 4.78 is 0. The van der Waals surface area contributed by atoms with Crippen LogP contribution >= 0.6 is 12.2 Å². The molecule has 0 amide bonds. The fourth-order valence-electron chi connectivity index (χ4n) is 1.71. The lowest BCUT2D eigenvalue weighted by atomic mass is 10.2. The molecular formula is C11H22N2S. The minimum Gasteiger partial charge on any atom is -0.363 e. The molecule has 0 radical (unpaired) electrons. The van der Waals surface area contributed by atoms with E-state index in [2.05, 4.69) is 24.5 Å². The molecule has 2 atom stereocenters. The maximum Gasteiger partial charge on any atom is 0.166 e. The van der Waals surface area contributed by atoms with Crippen molar-refractivity contribution in [1.82, 2.24) is 10.6 Å². The summed E-state index contributed by atoms with van der Waals surface area (Å²) in [6.07, 6.45) is 6.36. The molecule has 0 aromatic carbocycles.